The van der Waals surface area contributed by atoms with Gasteiger partial charge in [-0.05, 0) is 32.4 Å². The van der Waals surface area contributed by atoms with Gasteiger partial charge in [0.15, 0.2) is 0 Å². The molecule has 0 fully saturated rings. The van der Waals surface area contributed by atoms with Crippen molar-refractivity contribution in [2.75, 3.05) is 0 Å². The lowest BCUT2D eigenvalue weighted by Gasteiger charge is -2.07. The number of amides is 1. The molecule has 0 aliphatic carbocycles. The van der Waals surface area contributed by atoms with E-state index in [4.69, 9.17) is 5.26 Å². The van der Waals surface area contributed by atoms with Gasteiger partial charge >= 0.3 is 0 Å². The monoisotopic (exact) mass is 228 g/mol. The highest BCUT2D eigenvalue weighted by Crippen LogP contribution is 2.09. The molecule has 3 nitrogen and oxygen atoms in total. The van der Waals surface area contributed by atoms with Gasteiger partial charge < -0.3 is 5.32 Å². The fraction of sp³-hybridized carbons (Fsp3) is 0.286. The van der Waals surface area contributed by atoms with Crippen molar-refractivity contribution >= 4 is 12.0 Å². The van der Waals surface area contributed by atoms with Gasteiger partial charge in [-0.1, -0.05) is 29.8 Å². The Kier molecular flexibility index (Phi) is 4.47. The van der Waals surface area contributed by atoms with Crippen LogP contribution >= 0.6 is 0 Å². The Balaban J connectivity index is 2.95. The molecule has 0 unspecified atom stereocenters. The van der Waals surface area contributed by atoms with E-state index in [-0.39, 0.29) is 17.5 Å². The molecule has 0 spiro atoms. The van der Waals surface area contributed by atoms with Crippen LogP contribution in [0.15, 0.2) is 29.8 Å². The molecule has 1 rings (SSSR count). The largest absolute Gasteiger partial charge is 0.349 e. The molecule has 0 atom stereocenters. The second-order valence-corrected chi connectivity index (χ2v) is 4.21. The van der Waals surface area contributed by atoms with Crippen LogP contribution in [0, 0.1) is 18.3 Å². The molecule has 0 saturated heterocycles. The number of hydrogen-bond acceptors (Lipinski definition) is 2. The van der Waals surface area contributed by atoms with Crippen molar-refractivity contribution in [3.8, 4) is 6.07 Å². The zero-order valence-corrected chi connectivity index (χ0v) is 10.3. The zero-order chi connectivity index (χ0) is 12.8. The van der Waals surface area contributed by atoms with E-state index >= 15 is 0 Å². The summed E-state index contributed by atoms with van der Waals surface area (Å²) in [5, 5.41) is 11.7. The number of nitrogens with zero attached hydrogens (tertiary/aromatic N) is 1. The topological polar surface area (TPSA) is 52.9 Å². The highest BCUT2D eigenvalue weighted by atomic mass is 16.1. The van der Waals surface area contributed by atoms with Gasteiger partial charge in [0.25, 0.3) is 5.91 Å². The van der Waals surface area contributed by atoms with Crippen LogP contribution in [-0.2, 0) is 4.79 Å². The van der Waals surface area contributed by atoms with Gasteiger partial charge in [0.05, 0.1) is 0 Å². The smallest absolute Gasteiger partial charge is 0.262 e. The van der Waals surface area contributed by atoms with Crippen LogP contribution in [0.3, 0.4) is 0 Å². The van der Waals surface area contributed by atoms with Gasteiger partial charge in [-0.2, -0.15) is 5.26 Å². The van der Waals surface area contributed by atoms with Crippen molar-refractivity contribution in [1.29, 1.82) is 5.26 Å². The molecule has 1 aromatic rings. The Morgan fingerprint density at radius 3 is 2.71 bits per heavy atom. The fourth-order valence-corrected chi connectivity index (χ4v) is 1.42. The molecule has 0 aliphatic rings. The van der Waals surface area contributed by atoms with E-state index in [1.807, 2.05) is 51.1 Å². The number of hydrogen-bond donors (Lipinski definition) is 1. The first-order valence-corrected chi connectivity index (χ1v) is 5.52. The number of nitrogens with one attached hydrogen (secondary N) is 1. The Hall–Kier alpha value is -2.08. The van der Waals surface area contributed by atoms with Gasteiger partial charge in [0, 0.05) is 6.04 Å². The number of carbonyl (C=O) groups excluding carboxylic acids is 1. The average Bonchev–Trinajstić information content (AvgIpc) is 2.24. The summed E-state index contributed by atoms with van der Waals surface area (Å²) in [7, 11) is 0. The van der Waals surface area contributed by atoms with E-state index in [2.05, 4.69) is 5.32 Å². The van der Waals surface area contributed by atoms with Gasteiger partial charge in [-0.15, -0.1) is 0 Å². The molecule has 0 heterocycles. The summed E-state index contributed by atoms with van der Waals surface area (Å²) in [5.41, 5.74) is 2.09. The average molecular weight is 228 g/mol. The first-order valence-electron chi connectivity index (χ1n) is 5.52. The lowest BCUT2D eigenvalue weighted by Crippen LogP contribution is -2.30. The molecule has 1 aromatic carbocycles. The minimum Gasteiger partial charge on any atom is -0.349 e. The molecule has 0 radical (unpaired) electrons. The molecule has 1 N–H and O–H groups in total. The van der Waals surface area contributed by atoms with Gasteiger partial charge in [0.2, 0.25) is 0 Å². The number of nitriles is 1. The van der Waals surface area contributed by atoms with Crippen LogP contribution in [0.5, 0.6) is 0 Å². The quantitative estimate of drug-likeness (QED) is 0.638. The molecule has 0 bridgehead atoms. The maximum absolute atomic E-state index is 11.7. The number of benzene rings is 1. The van der Waals surface area contributed by atoms with E-state index in [0.717, 1.165) is 11.1 Å². The first-order chi connectivity index (χ1) is 8.02. The Bertz CT molecular complexity index is 481. The maximum atomic E-state index is 11.7. The van der Waals surface area contributed by atoms with Crippen LogP contribution in [0.25, 0.3) is 6.08 Å². The molecule has 88 valence electrons. The summed E-state index contributed by atoms with van der Waals surface area (Å²) in [6, 6.07) is 9.62. The Morgan fingerprint density at radius 2 is 2.18 bits per heavy atom. The molecule has 17 heavy (non-hydrogen) atoms. The Labute approximate surface area is 102 Å². The highest BCUT2D eigenvalue weighted by Gasteiger charge is 2.09. The van der Waals surface area contributed by atoms with Gasteiger partial charge in [0.1, 0.15) is 11.6 Å². The van der Waals surface area contributed by atoms with E-state index in [9.17, 15) is 4.79 Å². The van der Waals surface area contributed by atoms with E-state index in [1.54, 1.807) is 6.08 Å². The predicted octanol–water partition coefficient (Wildman–Crippen LogP) is 2.43. The van der Waals surface area contributed by atoms with Crippen LogP contribution in [0.4, 0.5) is 0 Å². The lowest BCUT2D eigenvalue weighted by molar-refractivity contribution is -0.117. The first kappa shape index (κ1) is 13.0. The molecular weight excluding hydrogens is 212 g/mol. The highest BCUT2D eigenvalue weighted by molar-refractivity contribution is 6.01. The van der Waals surface area contributed by atoms with E-state index in [1.165, 1.54) is 0 Å². The normalized spacial score (nSPS) is 11.1. The van der Waals surface area contributed by atoms with Crippen molar-refractivity contribution in [2.45, 2.75) is 26.8 Å². The number of rotatable bonds is 3. The fourth-order valence-electron chi connectivity index (χ4n) is 1.42. The molecule has 1 amide bonds. The SMILES string of the molecule is Cc1cccc(C=C(C#N)C(=O)NC(C)C)c1. The summed E-state index contributed by atoms with van der Waals surface area (Å²) in [4.78, 5) is 11.7. The molecule has 3 heteroatoms. The van der Waals surface area contributed by atoms with Crippen LogP contribution in [0.1, 0.15) is 25.0 Å². The van der Waals surface area contributed by atoms with Crippen molar-refractivity contribution in [3.63, 3.8) is 0 Å². The van der Waals surface area contributed by atoms with E-state index < -0.39 is 0 Å². The summed E-state index contributed by atoms with van der Waals surface area (Å²) < 4.78 is 0. The molecule has 0 aliphatic heterocycles. The standard InChI is InChI=1S/C14H16N2O/c1-10(2)16-14(17)13(9-15)8-12-6-4-5-11(3)7-12/h4-8,10H,1-3H3,(H,16,17). The third-order valence-electron chi connectivity index (χ3n) is 2.14. The van der Waals surface area contributed by atoms with Gasteiger partial charge in [-0.3, -0.25) is 4.79 Å². The second kappa shape index (κ2) is 5.86. The third kappa shape index (κ3) is 4.12. The van der Waals surface area contributed by atoms with E-state index in [0.29, 0.717) is 0 Å². The van der Waals surface area contributed by atoms with Crippen molar-refractivity contribution in [3.05, 3.63) is 41.0 Å². The summed E-state index contributed by atoms with van der Waals surface area (Å²) >= 11 is 0. The van der Waals surface area contributed by atoms with Crippen LogP contribution in [0.2, 0.25) is 0 Å². The van der Waals surface area contributed by atoms with Crippen molar-refractivity contribution in [1.82, 2.24) is 5.32 Å². The number of aryl methyl sites for hydroxylation is 1. The van der Waals surface area contributed by atoms with Crippen molar-refractivity contribution < 1.29 is 4.79 Å². The van der Waals surface area contributed by atoms with Crippen molar-refractivity contribution in [2.24, 2.45) is 0 Å². The molecule has 0 saturated carbocycles. The number of carbonyl (C=O) groups is 1. The summed E-state index contributed by atoms with van der Waals surface area (Å²) in [6.07, 6.45) is 1.60. The van der Waals surface area contributed by atoms with Gasteiger partial charge in [-0.25, -0.2) is 0 Å². The van der Waals surface area contributed by atoms with Crippen LogP contribution in [-0.4, -0.2) is 11.9 Å². The second-order valence-electron chi connectivity index (χ2n) is 4.21. The molecule has 0 aromatic heterocycles. The summed E-state index contributed by atoms with van der Waals surface area (Å²) in [5.74, 6) is -0.330. The maximum Gasteiger partial charge on any atom is 0.262 e. The lowest BCUT2D eigenvalue weighted by atomic mass is 10.1. The summed E-state index contributed by atoms with van der Waals surface area (Å²) in [6.45, 7) is 5.69. The minimum atomic E-state index is -0.330. The third-order valence-corrected chi connectivity index (χ3v) is 2.14. The predicted molar refractivity (Wildman–Crippen MR) is 68.0 cm³/mol. The minimum absolute atomic E-state index is 0.0248. The van der Waals surface area contributed by atoms with Crippen LogP contribution < -0.4 is 5.32 Å². The molecular formula is C14H16N2O. The zero-order valence-electron chi connectivity index (χ0n) is 10.3. The Morgan fingerprint density at radius 1 is 1.47 bits per heavy atom.